The van der Waals surface area contributed by atoms with E-state index in [9.17, 15) is 15.0 Å². The van der Waals surface area contributed by atoms with E-state index in [2.05, 4.69) is 10.8 Å². The van der Waals surface area contributed by atoms with Gasteiger partial charge in [-0.15, -0.1) is 0 Å². The summed E-state index contributed by atoms with van der Waals surface area (Å²) in [5, 5.41) is 22.8. The molecule has 4 N–H and O–H groups in total. The zero-order chi connectivity index (χ0) is 16.9. The minimum atomic E-state index is -0.376. The number of benzene rings is 2. The smallest absolute Gasteiger partial charge is 0.276 e. The standard InChI is InChI=1S/C18H18N2O4/c21-15-6-1-12(2-7-15)9-10-19-11-14-4-3-13-5-8-16(22)20-24-18(13)17(14)23/h1-8,19,21,23H,9-11H2,(H,20,22). The van der Waals surface area contributed by atoms with E-state index in [1.807, 2.05) is 12.1 Å². The average Bonchev–Trinajstić information content (AvgIpc) is 2.77. The van der Waals surface area contributed by atoms with E-state index >= 15 is 0 Å². The predicted molar refractivity (Wildman–Crippen MR) is 89.4 cm³/mol. The molecular formula is C18H18N2O4. The Kier molecular flexibility index (Phi) is 4.67. The first-order valence-electron chi connectivity index (χ1n) is 7.62. The van der Waals surface area contributed by atoms with E-state index in [4.69, 9.17) is 4.84 Å². The van der Waals surface area contributed by atoms with Crippen molar-refractivity contribution in [1.82, 2.24) is 10.8 Å². The summed E-state index contributed by atoms with van der Waals surface area (Å²) < 4.78 is 0. The monoisotopic (exact) mass is 326 g/mol. The fourth-order valence-corrected chi connectivity index (χ4v) is 2.43. The Morgan fingerprint density at radius 1 is 1.04 bits per heavy atom. The maximum absolute atomic E-state index is 11.3. The second-order valence-corrected chi connectivity index (χ2v) is 5.49. The molecule has 1 aliphatic heterocycles. The van der Waals surface area contributed by atoms with E-state index in [1.165, 1.54) is 6.08 Å². The topological polar surface area (TPSA) is 90.8 Å². The molecule has 0 aromatic heterocycles. The zero-order valence-corrected chi connectivity index (χ0v) is 13.0. The summed E-state index contributed by atoms with van der Waals surface area (Å²) in [6.45, 7) is 1.19. The molecule has 124 valence electrons. The third-order valence-corrected chi connectivity index (χ3v) is 3.76. The minimum absolute atomic E-state index is 0.0106. The molecule has 0 atom stereocenters. The molecule has 6 heteroatoms. The summed E-state index contributed by atoms with van der Waals surface area (Å²) in [5.41, 5.74) is 4.67. The third kappa shape index (κ3) is 3.67. The number of phenols is 2. The summed E-state index contributed by atoms with van der Waals surface area (Å²) in [7, 11) is 0. The number of amides is 1. The van der Waals surface area contributed by atoms with Gasteiger partial charge in [-0.3, -0.25) is 4.79 Å². The highest BCUT2D eigenvalue weighted by molar-refractivity contribution is 5.92. The molecule has 0 unspecified atom stereocenters. The number of carbonyl (C=O) groups excluding carboxylic acids is 1. The van der Waals surface area contributed by atoms with Crippen LogP contribution in [-0.4, -0.2) is 22.7 Å². The third-order valence-electron chi connectivity index (χ3n) is 3.76. The lowest BCUT2D eigenvalue weighted by atomic mass is 10.1. The van der Waals surface area contributed by atoms with Crippen LogP contribution in [0.3, 0.4) is 0 Å². The maximum atomic E-state index is 11.3. The highest BCUT2D eigenvalue weighted by Gasteiger charge is 2.16. The predicted octanol–water partition coefficient (Wildman–Crippen LogP) is 1.87. The summed E-state index contributed by atoms with van der Waals surface area (Å²) in [4.78, 5) is 16.4. The lowest BCUT2D eigenvalue weighted by Crippen LogP contribution is -2.24. The summed E-state index contributed by atoms with van der Waals surface area (Å²) in [6.07, 6.45) is 3.75. The SMILES string of the molecule is O=C1C=Cc2ccc(CNCCc3ccc(O)cc3)c(O)c2ON1. The Morgan fingerprint density at radius 3 is 2.62 bits per heavy atom. The van der Waals surface area contributed by atoms with Crippen LogP contribution in [0.5, 0.6) is 17.2 Å². The molecular weight excluding hydrogens is 308 g/mol. The van der Waals surface area contributed by atoms with Crippen molar-refractivity contribution in [3.05, 3.63) is 59.2 Å². The van der Waals surface area contributed by atoms with Gasteiger partial charge in [-0.2, -0.15) is 5.48 Å². The largest absolute Gasteiger partial charge is 0.508 e. The van der Waals surface area contributed by atoms with Crippen LogP contribution in [0.25, 0.3) is 6.08 Å². The molecule has 0 radical (unpaired) electrons. The van der Waals surface area contributed by atoms with E-state index < -0.39 is 0 Å². The van der Waals surface area contributed by atoms with E-state index in [1.54, 1.807) is 30.3 Å². The van der Waals surface area contributed by atoms with Gasteiger partial charge in [0, 0.05) is 23.7 Å². The van der Waals surface area contributed by atoms with Crippen LogP contribution in [0, 0.1) is 0 Å². The van der Waals surface area contributed by atoms with Gasteiger partial charge in [0.1, 0.15) is 5.75 Å². The summed E-state index contributed by atoms with van der Waals surface area (Å²) >= 11 is 0. The number of hydrogen-bond acceptors (Lipinski definition) is 5. The summed E-state index contributed by atoms with van der Waals surface area (Å²) in [6, 6.07) is 10.7. The Hall–Kier alpha value is -2.99. The van der Waals surface area contributed by atoms with Crippen LogP contribution < -0.4 is 15.6 Å². The van der Waals surface area contributed by atoms with Crippen LogP contribution >= 0.6 is 0 Å². The van der Waals surface area contributed by atoms with Crippen molar-refractivity contribution in [2.24, 2.45) is 0 Å². The Labute approximate surface area is 139 Å². The maximum Gasteiger partial charge on any atom is 0.276 e. The molecule has 1 aliphatic rings. The van der Waals surface area contributed by atoms with Crippen molar-refractivity contribution >= 4 is 12.0 Å². The molecule has 0 fully saturated rings. The Balaban J connectivity index is 1.59. The molecule has 3 rings (SSSR count). The number of rotatable bonds is 5. The van der Waals surface area contributed by atoms with Crippen molar-refractivity contribution in [3.63, 3.8) is 0 Å². The molecule has 0 bridgehead atoms. The number of hydroxylamine groups is 1. The van der Waals surface area contributed by atoms with Crippen molar-refractivity contribution in [2.45, 2.75) is 13.0 Å². The van der Waals surface area contributed by atoms with Gasteiger partial charge in [0.15, 0.2) is 5.75 Å². The Morgan fingerprint density at radius 2 is 1.83 bits per heavy atom. The van der Waals surface area contributed by atoms with Gasteiger partial charge < -0.3 is 20.4 Å². The van der Waals surface area contributed by atoms with Gasteiger partial charge in [0.25, 0.3) is 5.91 Å². The zero-order valence-electron chi connectivity index (χ0n) is 13.0. The number of aromatic hydroxyl groups is 2. The van der Waals surface area contributed by atoms with E-state index in [0.717, 1.165) is 18.5 Å². The molecule has 2 aromatic rings. The molecule has 2 aromatic carbocycles. The van der Waals surface area contributed by atoms with E-state index in [0.29, 0.717) is 17.7 Å². The van der Waals surface area contributed by atoms with Gasteiger partial charge >= 0.3 is 0 Å². The van der Waals surface area contributed by atoms with Gasteiger partial charge in [-0.1, -0.05) is 24.3 Å². The first kappa shape index (κ1) is 15.9. The lowest BCUT2D eigenvalue weighted by molar-refractivity contribution is -0.122. The Bertz CT molecular complexity index is 769. The second-order valence-electron chi connectivity index (χ2n) is 5.49. The van der Waals surface area contributed by atoms with Gasteiger partial charge in [-0.25, -0.2) is 0 Å². The van der Waals surface area contributed by atoms with Crippen molar-refractivity contribution < 1.29 is 19.8 Å². The number of fused-ring (bicyclic) bond motifs is 1. The quantitative estimate of drug-likeness (QED) is 0.630. The van der Waals surface area contributed by atoms with Crippen LogP contribution in [-0.2, 0) is 17.8 Å². The van der Waals surface area contributed by atoms with Gasteiger partial charge in [0.2, 0.25) is 5.75 Å². The lowest BCUT2D eigenvalue weighted by Gasteiger charge is -2.12. The second kappa shape index (κ2) is 7.06. The molecule has 1 amide bonds. The van der Waals surface area contributed by atoms with Crippen molar-refractivity contribution in [3.8, 4) is 17.2 Å². The molecule has 0 spiro atoms. The number of nitrogens with one attached hydrogen (secondary N) is 2. The van der Waals surface area contributed by atoms with Crippen LogP contribution in [0.15, 0.2) is 42.5 Å². The van der Waals surface area contributed by atoms with Crippen LogP contribution in [0.4, 0.5) is 0 Å². The highest BCUT2D eigenvalue weighted by Crippen LogP contribution is 2.35. The molecule has 1 heterocycles. The molecule has 0 saturated heterocycles. The van der Waals surface area contributed by atoms with Gasteiger partial charge in [0.05, 0.1) is 0 Å². The molecule has 0 saturated carbocycles. The van der Waals surface area contributed by atoms with E-state index in [-0.39, 0.29) is 23.2 Å². The first-order chi connectivity index (χ1) is 11.6. The van der Waals surface area contributed by atoms with Crippen molar-refractivity contribution in [1.29, 1.82) is 0 Å². The normalized spacial score (nSPS) is 12.9. The number of hydrogen-bond donors (Lipinski definition) is 4. The molecule has 24 heavy (non-hydrogen) atoms. The highest BCUT2D eigenvalue weighted by atomic mass is 16.7. The number of phenolic OH excluding ortho intramolecular Hbond substituents is 2. The van der Waals surface area contributed by atoms with Crippen LogP contribution in [0.1, 0.15) is 16.7 Å². The first-order valence-corrected chi connectivity index (χ1v) is 7.62. The number of carbonyl (C=O) groups is 1. The minimum Gasteiger partial charge on any atom is -0.508 e. The van der Waals surface area contributed by atoms with Crippen LogP contribution in [0.2, 0.25) is 0 Å². The average molecular weight is 326 g/mol. The van der Waals surface area contributed by atoms with Crippen molar-refractivity contribution in [2.75, 3.05) is 6.54 Å². The molecule has 6 nitrogen and oxygen atoms in total. The fraction of sp³-hybridized carbons (Fsp3) is 0.167. The summed E-state index contributed by atoms with van der Waals surface area (Å²) in [5.74, 6) is 0.133. The fourth-order valence-electron chi connectivity index (χ4n) is 2.43. The molecule has 0 aliphatic carbocycles. The van der Waals surface area contributed by atoms with Gasteiger partial charge in [-0.05, 0) is 36.7 Å².